The fourth-order valence-corrected chi connectivity index (χ4v) is 2.69. The normalized spacial score (nSPS) is 10.3. The standard InChI is InChI=1S/C22H21NO3/c24-15-18-9-6-11-20(14-18)23-22(25)16-26-21-12-5-4-10-19(21)13-17-7-2-1-3-8-17/h1-12,14,24H,13,15-16H2,(H,23,25). The van der Waals surface area contributed by atoms with Crippen LogP contribution in [-0.4, -0.2) is 17.6 Å². The van der Waals surface area contributed by atoms with Gasteiger partial charge in [0.2, 0.25) is 0 Å². The molecule has 3 aromatic rings. The minimum Gasteiger partial charge on any atom is -0.483 e. The molecule has 0 fully saturated rings. The zero-order valence-corrected chi connectivity index (χ0v) is 14.4. The molecule has 0 aliphatic carbocycles. The van der Waals surface area contributed by atoms with Crippen molar-refractivity contribution in [2.75, 3.05) is 11.9 Å². The van der Waals surface area contributed by atoms with Crippen LogP contribution in [0.3, 0.4) is 0 Å². The summed E-state index contributed by atoms with van der Waals surface area (Å²) in [6.07, 6.45) is 0.747. The smallest absolute Gasteiger partial charge is 0.262 e. The fourth-order valence-electron chi connectivity index (χ4n) is 2.69. The van der Waals surface area contributed by atoms with E-state index in [4.69, 9.17) is 9.84 Å². The second kappa shape index (κ2) is 8.83. The third-order valence-corrected chi connectivity index (χ3v) is 3.96. The molecule has 0 heterocycles. The lowest BCUT2D eigenvalue weighted by molar-refractivity contribution is -0.118. The van der Waals surface area contributed by atoms with E-state index in [2.05, 4.69) is 17.4 Å². The predicted octanol–water partition coefficient (Wildman–Crippen LogP) is 3.79. The second-order valence-electron chi connectivity index (χ2n) is 5.97. The van der Waals surface area contributed by atoms with Crippen LogP contribution < -0.4 is 10.1 Å². The maximum Gasteiger partial charge on any atom is 0.262 e. The van der Waals surface area contributed by atoms with Crippen LogP contribution in [0.2, 0.25) is 0 Å². The molecule has 4 nitrogen and oxygen atoms in total. The molecule has 0 radical (unpaired) electrons. The van der Waals surface area contributed by atoms with Gasteiger partial charge in [0.1, 0.15) is 5.75 Å². The number of amides is 1. The number of carbonyl (C=O) groups excluding carboxylic acids is 1. The van der Waals surface area contributed by atoms with Crippen LogP contribution in [0.15, 0.2) is 78.9 Å². The van der Waals surface area contributed by atoms with Crippen molar-refractivity contribution < 1.29 is 14.6 Å². The number of benzene rings is 3. The number of anilines is 1. The Hall–Kier alpha value is -3.11. The highest BCUT2D eigenvalue weighted by Gasteiger charge is 2.08. The molecule has 0 atom stereocenters. The van der Waals surface area contributed by atoms with Gasteiger partial charge in [-0.3, -0.25) is 4.79 Å². The number of ether oxygens (including phenoxy) is 1. The van der Waals surface area contributed by atoms with Crippen LogP contribution in [0.5, 0.6) is 5.75 Å². The molecule has 26 heavy (non-hydrogen) atoms. The lowest BCUT2D eigenvalue weighted by atomic mass is 10.0. The average Bonchev–Trinajstić information content (AvgIpc) is 2.68. The average molecular weight is 347 g/mol. The van der Waals surface area contributed by atoms with Crippen LogP contribution in [0.4, 0.5) is 5.69 Å². The highest BCUT2D eigenvalue weighted by Crippen LogP contribution is 2.21. The molecular formula is C22H21NO3. The zero-order valence-electron chi connectivity index (χ0n) is 14.4. The van der Waals surface area contributed by atoms with Gasteiger partial charge in [0.05, 0.1) is 6.61 Å². The molecule has 3 aromatic carbocycles. The molecule has 0 aromatic heterocycles. The highest BCUT2D eigenvalue weighted by molar-refractivity contribution is 5.91. The molecule has 1 amide bonds. The first-order valence-corrected chi connectivity index (χ1v) is 8.49. The number of hydrogen-bond donors (Lipinski definition) is 2. The van der Waals surface area contributed by atoms with E-state index < -0.39 is 0 Å². The first-order valence-electron chi connectivity index (χ1n) is 8.49. The van der Waals surface area contributed by atoms with Gasteiger partial charge >= 0.3 is 0 Å². The Kier molecular flexibility index (Phi) is 6.01. The van der Waals surface area contributed by atoms with Gasteiger partial charge in [-0.2, -0.15) is 0 Å². The van der Waals surface area contributed by atoms with Gasteiger partial charge in [-0.25, -0.2) is 0 Å². The monoisotopic (exact) mass is 347 g/mol. The maximum atomic E-state index is 12.2. The summed E-state index contributed by atoms with van der Waals surface area (Å²) in [4.78, 5) is 12.2. The van der Waals surface area contributed by atoms with E-state index in [9.17, 15) is 4.79 Å². The molecule has 0 spiro atoms. The Morgan fingerprint density at radius 1 is 0.885 bits per heavy atom. The number of carbonyl (C=O) groups is 1. The summed E-state index contributed by atoms with van der Waals surface area (Å²) < 4.78 is 5.74. The van der Waals surface area contributed by atoms with E-state index in [0.29, 0.717) is 11.4 Å². The lowest BCUT2D eigenvalue weighted by Crippen LogP contribution is -2.20. The molecular weight excluding hydrogens is 326 g/mol. The second-order valence-corrected chi connectivity index (χ2v) is 5.97. The number of para-hydroxylation sites is 1. The van der Waals surface area contributed by atoms with E-state index in [0.717, 1.165) is 17.5 Å². The van der Waals surface area contributed by atoms with E-state index >= 15 is 0 Å². The Labute approximate surface area is 153 Å². The molecule has 0 unspecified atom stereocenters. The fraction of sp³-hybridized carbons (Fsp3) is 0.136. The van der Waals surface area contributed by atoms with E-state index in [-0.39, 0.29) is 19.1 Å². The number of hydrogen-bond acceptors (Lipinski definition) is 3. The third kappa shape index (κ3) is 4.94. The van der Waals surface area contributed by atoms with Gasteiger partial charge < -0.3 is 15.2 Å². The van der Waals surface area contributed by atoms with Crippen molar-refractivity contribution >= 4 is 11.6 Å². The van der Waals surface area contributed by atoms with E-state index in [1.54, 1.807) is 24.3 Å². The van der Waals surface area contributed by atoms with Gasteiger partial charge in [-0.05, 0) is 34.9 Å². The van der Waals surface area contributed by atoms with Crippen molar-refractivity contribution in [1.82, 2.24) is 0 Å². The van der Waals surface area contributed by atoms with Crippen molar-refractivity contribution in [3.05, 3.63) is 95.6 Å². The predicted molar refractivity (Wildman–Crippen MR) is 102 cm³/mol. The van der Waals surface area contributed by atoms with Gasteiger partial charge in [-0.15, -0.1) is 0 Å². The molecule has 0 aliphatic rings. The Bertz CT molecular complexity index is 862. The van der Waals surface area contributed by atoms with E-state index in [1.807, 2.05) is 42.5 Å². The first kappa shape index (κ1) is 17.7. The topological polar surface area (TPSA) is 58.6 Å². The van der Waals surface area contributed by atoms with Gasteiger partial charge in [0, 0.05) is 12.1 Å². The quantitative estimate of drug-likeness (QED) is 0.684. The number of aliphatic hydroxyl groups is 1. The summed E-state index contributed by atoms with van der Waals surface area (Å²) in [5.41, 5.74) is 3.61. The van der Waals surface area contributed by atoms with Crippen molar-refractivity contribution in [3.8, 4) is 5.75 Å². The molecule has 0 saturated carbocycles. The molecule has 132 valence electrons. The Morgan fingerprint density at radius 3 is 2.42 bits per heavy atom. The molecule has 0 bridgehead atoms. The number of rotatable bonds is 7. The summed E-state index contributed by atoms with van der Waals surface area (Å²) in [7, 11) is 0. The summed E-state index contributed by atoms with van der Waals surface area (Å²) in [5, 5.41) is 11.9. The number of nitrogens with one attached hydrogen (secondary N) is 1. The SMILES string of the molecule is O=C(COc1ccccc1Cc1ccccc1)Nc1cccc(CO)c1. The summed E-state index contributed by atoms with van der Waals surface area (Å²) in [6.45, 7) is -0.137. The van der Waals surface area contributed by atoms with Crippen molar-refractivity contribution in [3.63, 3.8) is 0 Å². The largest absolute Gasteiger partial charge is 0.483 e. The summed E-state index contributed by atoms with van der Waals surface area (Å²) >= 11 is 0. The molecule has 0 saturated heterocycles. The van der Waals surface area contributed by atoms with Crippen LogP contribution in [0.1, 0.15) is 16.7 Å². The third-order valence-electron chi connectivity index (χ3n) is 3.96. The minimum absolute atomic E-state index is 0.0624. The van der Waals surface area contributed by atoms with Crippen molar-refractivity contribution in [2.45, 2.75) is 13.0 Å². The van der Waals surface area contributed by atoms with Crippen LogP contribution in [-0.2, 0) is 17.8 Å². The lowest BCUT2D eigenvalue weighted by Gasteiger charge is -2.12. The van der Waals surface area contributed by atoms with Gasteiger partial charge in [0.25, 0.3) is 5.91 Å². The molecule has 2 N–H and O–H groups in total. The Morgan fingerprint density at radius 2 is 1.62 bits per heavy atom. The van der Waals surface area contributed by atoms with Crippen molar-refractivity contribution in [2.24, 2.45) is 0 Å². The zero-order chi connectivity index (χ0) is 18.2. The van der Waals surface area contributed by atoms with Crippen molar-refractivity contribution in [1.29, 1.82) is 0 Å². The highest BCUT2D eigenvalue weighted by atomic mass is 16.5. The first-order chi connectivity index (χ1) is 12.7. The Balaban J connectivity index is 1.61. The number of aliphatic hydroxyl groups excluding tert-OH is 1. The summed E-state index contributed by atoms with van der Waals surface area (Å²) in [5.74, 6) is 0.463. The van der Waals surface area contributed by atoms with Gasteiger partial charge in [0.15, 0.2) is 6.61 Å². The van der Waals surface area contributed by atoms with Crippen LogP contribution >= 0.6 is 0 Å². The molecule has 4 heteroatoms. The van der Waals surface area contributed by atoms with Gasteiger partial charge in [-0.1, -0.05) is 60.7 Å². The summed E-state index contributed by atoms with van der Waals surface area (Å²) in [6, 6.07) is 25.0. The molecule has 0 aliphatic heterocycles. The van der Waals surface area contributed by atoms with E-state index in [1.165, 1.54) is 5.56 Å². The van der Waals surface area contributed by atoms with Crippen LogP contribution in [0.25, 0.3) is 0 Å². The molecule has 3 rings (SSSR count). The van der Waals surface area contributed by atoms with Crippen LogP contribution in [0, 0.1) is 0 Å². The minimum atomic E-state index is -0.241. The maximum absolute atomic E-state index is 12.2.